The normalized spacial score (nSPS) is 15.1. The predicted octanol–water partition coefficient (Wildman–Crippen LogP) is 3.25. The molecule has 0 unspecified atom stereocenters. The van der Waals surface area contributed by atoms with Gasteiger partial charge in [-0.25, -0.2) is 4.98 Å². The number of H-pyrrole nitrogens is 1. The second-order valence-corrected chi connectivity index (χ2v) is 7.73. The third kappa shape index (κ3) is 3.98. The molecule has 0 saturated carbocycles. The number of carbonyl (C=O) groups excluding carboxylic acids is 1. The van der Waals surface area contributed by atoms with Crippen molar-refractivity contribution in [1.82, 2.24) is 20.2 Å². The number of benzene rings is 1. The topological polar surface area (TPSA) is 64.3 Å². The number of nitrogens with one attached hydrogen (secondary N) is 2. The number of hydrogen-bond acceptors (Lipinski definition) is 4. The maximum atomic E-state index is 12.8. The van der Waals surface area contributed by atoms with Crippen molar-refractivity contribution in [1.29, 1.82) is 0 Å². The molecule has 1 amide bonds. The lowest BCUT2D eigenvalue weighted by Crippen LogP contribution is -2.46. The fraction of sp³-hybridized carbons (Fsp3) is 0.391. The highest BCUT2D eigenvalue weighted by atomic mass is 16.1. The van der Waals surface area contributed by atoms with Gasteiger partial charge in [0.1, 0.15) is 5.82 Å². The number of piperazine rings is 1. The minimum Gasteiger partial charge on any atom is -0.358 e. The van der Waals surface area contributed by atoms with Crippen molar-refractivity contribution < 1.29 is 4.79 Å². The van der Waals surface area contributed by atoms with Crippen LogP contribution < -0.4 is 10.2 Å². The number of carbonyl (C=O) groups is 1. The summed E-state index contributed by atoms with van der Waals surface area (Å²) in [5.74, 6) is 0.939. The second-order valence-electron chi connectivity index (χ2n) is 7.73. The fourth-order valence-corrected chi connectivity index (χ4v) is 3.95. The number of hydrogen-bond donors (Lipinski definition) is 2. The SMILES string of the molecule is CCN1CCN(c2ccc(CNC(=O)c3cccc4c(C)c(C)[nH]c34)cn2)CC1. The lowest BCUT2D eigenvalue weighted by atomic mass is 10.1. The number of aryl methyl sites for hydroxylation is 2. The summed E-state index contributed by atoms with van der Waals surface area (Å²) in [6.45, 7) is 12.1. The largest absolute Gasteiger partial charge is 0.358 e. The van der Waals surface area contributed by atoms with Gasteiger partial charge in [0.2, 0.25) is 0 Å². The Kier molecular flexibility index (Phi) is 5.53. The summed E-state index contributed by atoms with van der Waals surface area (Å²) in [6, 6.07) is 9.96. The minimum absolute atomic E-state index is 0.0726. The fourth-order valence-electron chi connectivity index (χ4n) is 3.95. The summed E-state index contributed by atoms with van der Waals surface area (Å²) in [4.78, 5) is 25.5. The summed E-state index contributed by atoms with van der Waals surface area (Å²) in [5, 5.41) is 4.13. The van der Waals surface area contributed by atoms with E-state index in [2.05, 4.69) is 51.1 Å². The molecule has 2 N–H and O–H groups in total. The highest BCUT2D eigenvalue weighted by Gasteiger charge is 2.17. The van der Waals surface area contributed by atoms with Gasteiger partial charge >= 0.3 is 0 Å². The predicted molar refractivity (Wildman–Crippen MR) is 118 cm³/mol. The van der Waals surface area contributed by atoms with E-state index in [1.165, 1.54) is 5.56 Å². The third-order valence-electron chi connectivity index (χ3n) is 5.99. The van der Waals surface area contributed by atoms with Crippen LogP contribution in [-0.2, 0) is 6.54 Å². The van der Waals surface area contributed by atoms with E-state index in [1.54, 1.807) is 0 Å². The highest BCUT2D eigenvalue weighted by Crippen LogP contribution is 2.24. The Morgan fingerprint density at radius 3 is 2.62 bits per heavy atom. The molecule has 0 radical (unpaired) electrons. The lowest BCUT2D eigenvalue weighted by molar-refractivity contribution is 0.0952. The summed E-state index contributed by atoms with van der Waals surface area (Å²) in [5.41, 5.74) is 4.87. The van der Waals surface area contributed by atoms with Gasteiger partial charge in [0.05, 0.1) is 11.1 Å². The van der Waals surface area contributed by atoms with Crippen LogP contribution in [0.5, 0.6) is 0 Å². The van der Waals surface area contributed by atoms with E-state index in [0.717, 1.165) is 60.7 Å². The molecule has 2 aromatic heterocycles. The molecule has 3 aromatic rings. The van der Waals surface area contributed by atoms with Gasteiger partial charge in [-0.05, 0) is 43.7 Å². The van der Waals surface area contributed by atoms with Crippen molar-refractivity contribution in [3.63, 3.8) is 0 Å². The van der Waals surface area contributed by atoms with Gasteiger partial charge in [0.25, 0.3) is 5.91 Å². The van der Waals surface area contributed by atoms with Crippen molar-refractivity contribution in [3.05, 3.63) is 58.9 Å². The van der Waals surface area contributed by atoms with Crippen LogP contribution in [0.15, 0.2) is 36.5 Å². The molecule has 4 rings (SSSR count). The Morgan fingerprint density at radius 1 is 1.14 bits per heavy atom. The van der Waals surface area contributed by atoms with E-state index in [0.29, 0.717) is 12.1 Å². The van der Waals surface area contributed by atoms with Crippen molar-refractivity contribution in [3.8, 4) is 0 Å². The number of aromatic amines is 1. The number of likely N-dealkylation sites (N-methyl/N-ethyl adjacent to an activating group) is 1. The molecule has 6 heteroatoms. The van der Waals surface area contributed by atoms with Crippen LogP contribution in [0.3, 0.4) is 0 Å². The standard InChI is InChI=1S/C23H29N5O/c1-4-27-10-12-28(13-11-27)21-9-8-18(14-24-21)15-25-23(29)20-7-5-6-19-16(2)17(3)26-22(19)20/h5-9,14,26H,4,10-13,15H2,1-3H3,(H,25,29). The molecule has 152 valence electrons. The van der Waals surface area contributed by atoms with Gasteiger partial charge in [0.15, 0.2) is 0 Å². The van der Waals surface area contributed by atoms with Crippen LogP contribution in [0.4, 0.5) is 5.82 Å². The lowest BCUT2D eigenvalue weighted by Gasteiger charge is -2.34. The van der Waals surface area contributed by atoms with Crippen LogP contribution in [0.1, 0.15) is 34.1 Å². The molecule has 1 saturated heterocycles. The van der Waals surface area contributed by atoms with E-state index in [4.69, 9.17) is 0 Å². The van der Waals surface area contributed by atoms with Gasteiger partial charge in [-0.15, -0.1) is 0 Å². The van der Waals surface area contributed by atoms with Crippen LogP contribution in [0.25, 0.3) is 10.9 Å². The zero-order valence-electron chi connectivity index (χ0n) is 17.5. The molecule has 0 bridgehead atoms. The molecule has 3 heterocycles. The maximum absolute atomic E-state index is 12.8. The van der Waals surface area contributed by atoms with Gasteiger partial charge < -0.3 is 20.1 Å². The minimum atomic E-state index is -0.0726. The summed E-state index contributed by atoms with van der Waals surface area (Å²) in [7, 11) is 0. The molecule has 1 fully saturated rings. The summed E-state index contributed by atoms with van der Waals surface area (Å²) in [6.07, 6.45) is 1.87. The number of nitrogens with zero attached hydrogens (tertiary/aromatic N) is 3. The smallest absolute Gasteiger partial charge is 0.253 e. The van der Waals surface area contributed by atoms with Crippen LogP contribution >= 0.6 is 0 Å². The van der Waals surface area contributed by atoms with Gasteiger partial charge in [-0.2, -0.15) is 0 Å². The third-order valence-corrected chi connectivity index (χ3v) is 5.99. The number of fused-ring (bicyclic) bond motifs is 1. The first-order valence-corrected chi connectivity index (χ1v) is 10.3. The Balaban J connectivity index is 1.39. The van der Waals surface area contributed by atoms with E-state index in [9.17, 15) is 4.79 Å². The van der Waals surface area contributed by atoms with Gasteiger partial charge in [0, 0.05) is 50.0 Å². The Bertz CT molecular complexity index is 1000. The molecule has 29 heavy (non-hydrogen) atoms. The van der Waals surface area contributed by atoms with E-state index < -0.39 is 0 Å². The molecule has 0 spiro atoms. The first kappa shape index (κ1) is 19.5. The van der Waals surface area contributed by atoms with Crippen molar-refractivity contribution in [2.75, 3.05) is 37.6 Å². The van der Waals surface area contributed by atoms with E-state index in [-0.39, 0.29) is 5.91 Å². The molecule has 1 aliphatic rings. The van der Waals surface area contributed by atoms with Crippen LogP contribution in [0.2, 0.25) is 0 Å². The number of pyridine rings is 1. The zero-order chi connectivity index (χ0) is 20.4. The Morgan fingerprint density at radius 2 is 1.93 bits per heavy atom. The first-order chi connectivity index (χ1) is 14.1. The van der Waals surface area contributed by atoms with Crippen LogP contribution in [0, 0.1) is 13.8 Å². The molecule has 1 aliphatic heterocycles. The Labute approximate surface area is 171 Å². The Hall–Kier alpha value is -2.86. The monoisotopic (exact) mass is 391 g/mol. The summed E-state index contributed by atoms with van der Waals surface area (Å²) < 4.78 is 0. The molecule has 0 atom stereocenters. The van der Waals surface area contributed by atoms with Crippen molar-refractivity contribution in [2.24, 2.45) is 0 Å². The number of para-hydroxylation sites is 1. The van der Waals surface area contributed by atoms with E-state index in [1.807, 2.05) is 31.3 Å². The molecule has 6 nitrogen and oxygen atoms in total. The molecular weight excluding hydrogens is 362 g/mol. The number of aromatic nitrogens is 2. The average Bonchev–Trinajstić information content (AvgIpc) is 3.06. The molecular formula is C23H29N5O. The molecule has 0 aliphatic carbocycles. The number of anilines is 1. The summed E-state index contributed by atoms with van der Waals surface area (Å²) >= 11 is 0. The van der Waals surface area contributed by atoms with E-state index >= 15 is 0 Å². The van der Waals surface area contributed by atoms with Crippen molar-refractivity contribution in [2.45, 2.75) is 27.3 Å². The van der Waals surface area contributed by atoms with Gasteiger partial charge in [-0.3, -0.25) is 4.79 Å². The second kappa shape index (κ2) is 8.25. The zero-order valence-corrected chi connectivity index (χ0v) is 17.5. The quantitative estimate of drug-likeness (QED) is 0.701. The van der Waals surface area contributed by atoms with Crippen LogP contribution in [-0.4, -0.2) is 53.5 Å². The van der Waals surface area contributed by atoms with Gasteiger partial charge in [-0.1, -0.05) is 25.1 Å². The first-order valence-electron chi connectivity index (χ1n) is 10.3. The number of amides is 1. The highest BCUT2D eigenvalue weighted by molar-refractivity contribution is 6.06. The number of rotatable bonds is 5. The average molecular weight is 392 g/mol. The maximum Gasteiger partial charge on any atom is 0.253 e. The molecule has 1 aromatic carbocycles. The van der Waals surface area contributed by atoms with Crippen molar-refractivity contribution >= 4 is 22.6 Å².